The Labute approximate surface area is 157 Å². The number of hydrogen-bond donors (Lipinski definition) is 0. The van der Waals surface area contributed by atoms with Gasteiger partial charge in [-0.1, -0.05) is 18.2 Å². The maximum atomic E-state index is 11.5. The van der Waals surface area contributed by atoms with E-state index in [1.165, 1.54) is 7.11 Å². The molecule has 2 heterocycles. The normalized spacial score (nSPS) is 18.6. The number of rotatable bonds is 5. The Morgan fingerprint density at radius 3 is 2.85 bits per heavy atom. The lowest BCUT2D eigenvalue weighted by molar-refractivity contribution is -0.141. The van der Waals surface area contributed by atoms with E-state index in [1.54, 1.807) is 0 Å². The third-order valence-corrected chi connectivity index (χ3v) is 4.66. The number of para-hydroxylation sites is 1. The van der Waals surface area contributed by atoms with Crippen LogP contribution in [-0.2, 0) is 16.1 Å². The molecule has 1 unspecified atom stereocenters. The fourth-order valence-electron chi connectivity index (χ4n) is 3.36. The van der Waals surface area contributed by atoms with Crippen LogP contribution in [0.2, 0.25) is 0 Å². The Hall–Kier alpha value is -2.89. The molecule has 1 atom stereocenters. The van der Waals surface area contributed by atoms with Crippen LogP contribution in [0.3, 0.4) is 0 Å². The van der Waals surface area contributed by atoms with Crippen LogP contribution in [0.5, 0.6) is 23.0 Å². The smallest absolute Gasteiger partial charge is 0.306 e. The highest BCUT2D eigenvalue weighted by Crippen LogP contribution is 2.42. The standard InChI is InChI=1S/C21H22O6/c1-21(2)26-17-6-4-5-13(20(17)27-21)11-24-15-7-8-16-14(9-19(22)23-3)12-25-18(16)10-15/h4-8,10,14H,9,11-12H2,1-3H3. The van der Waals surface area contributed by atoms with Crippen LogP contribution in [-0.4, -0.2) is 25.5 Å². The summed E-state index contributed by atoms with van der Waals surface area (Å²) in [4.78, 5) is 11.5. The summed E-state index contributed by atoms with van der Waals surface area (Å²) in [5.74, 6) is 2.01. The van der Waals surface area contributed by atoms with Crippen LogP contribution in [0.4, 0.5) is 0 Å². The largest absolute Gasteiger partial charge is 0.492 e. The topological polar surface area (TPSA) is 63.2 Å². The third-order valence-electron chi connectivity index (χ3n) is 4.66. The van der Waals surface area contributed by atoms with E-state index in [0.29, 0.717) is 25.4 Å². The summed E-state index contributed by atoms with van der Waals surface area (Å²) in [6, 6.07) is 11.5. The van der Waals surface area contributed by atoms with Gasteiger partial charge in [-0.05, 0) is 12.1 Å². The Morgan fingerprint density at radius 1 is 1.19 bits per heavy atom. The van der Waals surface area contributed by atoms with E-state index in [-0.39, 0.29) is 11.9 Å². The van der Waals surface area contributed by atoms with Crippen molar-refractivity contribution in [2.45, 2.75) is 38.6 Å². The van der Waals surface area contributed by atoms with Gasteiger partial charge in [-0.2, -0.15) is 0 Å². The Morgan fingerprint density at radius 2 is 2.04 bits per heavy atom. The van der Waals surface area contributed by atoms with Gasteiger partial charge in [0.1, 0.15) is 18.1 Å². The molecule has 0 spiro atoms. The SMILES string of the molecule is COC(=O)CC1COc2cc(OCc3cccc4c3OC(C)(C)O4)ccc21. The molecule has 0 aliphatic carbocycles. The lowest BCUT2D eigenvalue weighted by Gasteiger charge is -2.16. The maximum absolute atomic E-state index is 11.5. The molecule has 2 aliphatic rings. The monoisotopic (exact) mass is 370 g/mol. The minimum atomic E-state index is -0.672. The van der Waals surface area contributed by atoms with Gasteiger partial charge in [-0.15, -0.1) is 0 Å². The first-order valence-corrected chi connectivity index (χ1v) is 8.91. The van der Waals surface area contributed by atoms with E-state index < -0.39 is 5.79 Å². The van der Waals surface area contributed by atoms with Crippen molar-refractivity contribution in [3.8, 4) is 23.0 Å². The van der Waals surface area contributed by atoms with Gasteiger partial charge in [-0.25, -0.2) is 0 Å². The van der Waals surface area contributed by atoms with Crippen molar-refractivity contribution in [2.75, 3.05) is 13.7 Å². The van der Waals surface area contributed by atoms with Crippen LogP contribution in [0, 0.1) is 0 Å². The van der Waals surface area contributed by atoms with E-state index in [4.69, 9.17) is 23.7 Å². The van der Waals surface area contributed by atoms with E-state index in [2.05, 4.69) is 0 Å². The van der Waals surface area contributed by atoms with Gasteiger partial charge >= 0.3 is 5.97 Å². The van der Waals surface area contributed by atoms with Crippen LogP contribution >= 0.6 is 0 Å². The summed E-state index contributed by atoms with van der Waals surface area (Å²) in [6.45, 7) is 4.58. The van der Waals surface area contributed by atoms with Crippen molar-refractivity contribution in [2.24, 2.45) is 0 Å². The van der Waals surface area contributed by atoms with Gasteiger partial charge in [0.15, 0.2) is 11.5 Å². The van der Waals surface area contributed by atoms with E-state index in [0.717, 1.165) is 28.4 Å². The predicted octanol–water partition coefficient (Wildman–Crippen LogP) is 3.81. The second kappa shape index (κ2) is 6.68. The number of carbonyl (C=O) groups excluding carboxylic acids is 1. The second-order valence-corrected chi connectivity index (χ2v) is 7.12. The van der Waals surface area contributed by atoms with Crippen LogP contribution in [0.15, 0.2) is 36.4 Å². The number of hydrogen-bond acceptors (Lipinski definition) is 6. The number of ether oxygens (including phenoxy) is 5. The molecular weight excluding hydrogens is 348 g/mol. The molecule has 2 aliphatic heterocycles. The summed E-state index contributed by atoms with van der Waals surface area (Å²) in [7, 11) is 1.40. The van der Waals surface area contributed by atoms with Crippen molar-refractivity contribution in [1.82, 2.24) is 0 Å². The number of esters is 1. The molecule has 2 aromatic carbocycles. The summed E-state index contributed by atoms with van der Waals surface area (Å²) in [5, 5.41) is 0. The van der Waals surface area contributed by atoms with E-state index >= 15 is 0 Å². The van der Waals surface area contributed by atoms with Crippen molar-refractivity contribution in [1.29, 1.82) is 0 Å². The van der Waals surface area contributed by atoms with Crippen LogP contribution in [0.1, 0.15) is 37.3 Å². The fraction of sp³-hybridized carbons (Fsp3) is 0.381. The van der Waals surface area contributed by atoms with Crippen LogP contribution < -0.4 is 18.9 Å². The lowest BCUT2D eigenvalue weighted by Crippen LogP contribution is -2.29. The third kappa shape index (κ3) is 3.52. The average Bonchev–Trinajstić information content (AvgIpc) is 3.18. The first kappa shape index (κ1) is 17.5. The summed E-state index contributed by atoms with van der Waals surface area (Å²) < 4.78 is 28.1. The molecule has 0 saturated carbocycles. The zero-order chi connectivity index (χ0) is 19.0. The molecule has 0 radical (unpaired) electrons. The number of benzene rings is 2. The highest BCUT2D eigenvalue weighted by molar-refractivity contribution is 5.71. The van der Waals surface area contributed by atoms with Gasteiger partial charge in [0, 0.05) is 37.0 Å². The van der Waals surface area contributed by atoms with Crippen molar-refractivity contribution in [3.63, 3.8) is 0 Å². The number of carbonyl (C=O) groups is 1. The average molecular weight is 370 g/mol. The quantitative estimate of drug-likeness (QED) is 0.746. The molecule has 6 heteroatoms. The molecule has 0 fully saturated rings. The molecule has 0 bridgehead atoms. The molecule has 27 heavy (non-hydrogen) atoms. The van der Waals surface area contributed by atoms with E-state index in [9.17, 15) is 4.79 Å². The molecule has 0 saturated heterocycles. The molecule has 4 rings (SSSR count). The molecule has 0 amide bonds. The minimum Gasteiger partial charge on any atom is -0.492 e. The summed E-state index contributed by atoms with van der Waals surface area (Å²) >= 11 is 0. The van der Waals surface area contributed by atoms with Gasteiger partial charge in [0.05, 0.1) is 20.1 Å². The highest BCUT2D eigenvalue weighted by Gasteiger charge is 2.33. The predicted molar refractivity (Wildman–Crippen MR) is 97.4 cm³/mol. The van der Waals surface area contributed by atoms with Gasteiger partial charge in [0.25, 0.3) is 0 Å². The second-order valence-electron chi connectivity index (χ2n) is 7.12. The van der Waals surface area contributed by atoms with Gasteiger partial charge < -0.3 is 23.7 Å². The van der Waals surface area contributed by atoms with Crippen molar-refractivity contribution < 1.29 is 28.5 Å². The molecule has 2 aromatic rings. The molecular formula is C21H22O6. The summed E-state index contributed by atoms with van der Waals surface area (Å²) in [5.41, 5.74) is 1.93. The molecule has 6 nitrogen and oxygen atoms in total. The van der Waals surface area contributed by atoms with Gasteiger partial charge in [-0.3, -0.25) is 4.79 Å². The van der Waals surface area contributed by atoms with Crippen molar-refractivity contribution >= 4 is 5.97 Å². The molecule has 0 aromatic heterocycles. The Bertz CT molecular complexity index is 873. The minimum absolute atomic E-state index is 0.0201. The zero-order valence-corrected chi connectivity index (χ0v) is 15.6. The fourth-order valence-corrected chi connectivity index (χ4v) is 3.36. The van der Waals surface area contributed by atoms with Gasteiger partial charge in [0.2, 0.25) is 5.79 Å². The van der Waals surface area contributed by atoms with E-state index in [1.807, 2.05) is 50.2 Å². The van der Waals surface area contributed by atoms with Crippen molar-refractivity contribution in [3.05, 3.63) is 47.5 Å². The Balaban J connectivity index is 1.46. The lowest BCUT2D eigenvalue weighted by atomic mass is 9.98. The summed E-state index contributed by atoms with van der Waals surface area (Å²) in [6.07, 6.45) is 0.312. The van der Waals surface area contributed by atoms with Crippen LogP contribution in [0.25, 0.3) is 0 Å². The Kier molecular flexibility index (Phi) is 4.34. The first-order chi connectivity index (χ1) is 12.9. The number of fused-ring (bicyclic) bond motifs is 2. The highest BCUT2D eigenvalue weighted by atomic mass is 16.7. The molecule has 0 N–H and O–H groups in total. The molecule has 142 valence electrons. The zero-order valence-electron chi connectivity index (χ0n) is 15.6. The first-order valence-electron chi connectivity index (χ1n) is 8.91. The maximum Gasteiger partial charge on any atom is 0.306 e. The number of methoxy groups -OCH3 is 1.